The Hall–Kier alpha value is -2.73. The van der Waals surface area contributed by atoms with Crippen molar-refractivity contribution in [3.05, 3.63) is 66.4 Å². The smallest absolute Gasteiger partial charge is 0.229 e. The van der Waals surface area contributed by atoms with Crippen LogP contribution in [0.3, 0.4) is 0 Å². The van der Waals surface area contributed by atoms with Crippen molar-refractivity contribution in [2.24, 2.45) is 0 Å². The number of nitrogens with one attached hydrogen (secondary N) is 1. The zero-order chi connectivity index (χ0) is 18.4. The van der Waals surface area contributed by atoms with Gasteiger partial charge in [-0.25, -0.2) is 4.68 Å². The third-order valence-corrected chi connectivity index (χ3v) is 4.93. The molecule has 2 aromatic carbocycles. The summed E-state index contributed by atoms with van der Waals surface area (Å²) in [6, 6.07) is 17.9. The number of hydrogen-bond donors (Lipinski definition) is 1. The summed E-state index contributed by atoms with van der Waals surface area (Å²) < 4.78 is 7.12. The molecule has 3 aromatic rings. The summed E-state index contributed by atoms with van der Waals surface area (Å²) >= 11 is 1.57. The summed E-state index contributed by atoms with van der Waals surface area (Å²) in [6.07, 6.45) is 2.03. The van der Waals surface area contributed by atoms with Crippen molar-refractivity contribution in [2.45, 2.75) is 5.75 Å². The van der Waals surface area contributed by atoms with E-state index in [9.17, 15) is 4.79 Å². The standard InChI is InChI=1S/C20H21N3O2S/c1-21-19(24)14-26-13-16-12-23(17-6-4-3-5-7-17)22-20(16)15-8-10-18(25-2)11-9-15/h3-12H,13-14H2,1-2H3,(H,21,24). The Morgan fingerprint density at radius 3 is 2.54 bits per heavy atom. The van der Waals surface area contributed by atoms with Gasteiger partial charge in [0.05, 0.1) is 24.2 Å². The van der Waals surface area contributed by atoms with Crippen molar-refractivity contribution < 1.29 is 9.53 Å². The molecular formula is C20H21N3O2S. The van der Waals surface area contributed by atoms with Crippen molar-refractivity contribution in [1.82, 2.24) is 15.1 Å². The van der Waals surface area contributed by atoms with Crippen LogP contribution in [0, 0.1) is 0 Å². The predicted molar refractivity (Wildman–Crippen MR) is 106 cm³/mol. The molecule has 1 aromatic heterocycles. The van der Waals surface area contributed by atoms with E-state index in [4.69, 9.17) is 9.84 Å². The van der Waals surface area contributed by atoms with Crippen LogP contribution in [0.15, 0.2) is 60.8 Å². The fourth-order valence-corrected chi connectivity index (χ4v) is 3.41. The van der Waals surface area contributed by atoms with Crippen LogP contribution in [-0.4, -0.2) is 35.6 Å². The highest BCUT2D eigenvalue weighted by Gasteiger charge is 2.13. The zero-order valence-corrected chi connectivity index (χ0v) is 15.6. The Kier molecular flexibility index (Phi) is 5.96. The normalized spacial score (nSPS) is 10.5. The molecule has 1 N–H and O–H groups in total. The lowest BCUT2D eigenvalue weighted by Gasteiger charge is -2.04. The summed E-state index contributed by atoms with van der Waals surface area (Å²) in [6.45, 7) is 0. The van der Waals surface area contributed by atoms with Gasteiger partial charge in [-0.3, -0.25) is 4.79 Å². The van der Waals surface area contributed by atoms with Gasteiger partial charge in [0, 0.05) is 30.1 Å². The van der Waals surface area contributed by atoms with Crippen molar-refractivity contribution in [3.63, 3.8) is 0 Å². The van der Waals surface area contributed by atoms with Gasteiger partial charge in [0.25, 0.3) is 0 Å². The Morgan fingerprint density at radius 1 is 1.15 bits per heavy atom. The number of hydrogen-bond acceptors (Lipinski definition) is 4. The number of ether oxygens (including phenoxy) is 1. The molecule has 0 aliphatic rings. The van der Waals surface area contributed by atoms with Gasteiger partial charge in [-0.05, 0) is 36.4 Å². The quantitative estimate of drug-likeness (QED) is 0.694. The van der Waals surface area contributed by atoms with E-state index >= 15 is 0 Å². The van der Waals surface area contributed by atoms with Gasteiger partial charge in [-0.2, -0.15) is 5.10 Å². The van der Waals surface area contributed by atoms with Gasteiger partial charge < -0.3 is 10.1 Å². The lowest BCUT2D eigenvalue weighted by Crippen LogP contribution is -2.19. The first kappa shape index (κ1) is 18.1. The van der Waals surface area contributed by atoms with Crippen molar-refractivity contribution in [2.75, 3.05) is 19.9 Å². The predicted octanol–water partition coefficient (Wildman–Crippen LogP) is 3.53. The van der Waals surface area contributed by atoms with Crippen LogP contribution < -0.4 is 10.1 Å². The molecule has 0 aliphatic carbocycles. The highest BCUT2D eigenvalue weighted by molar-refractivity contribution is 7.99. The number of aromatic nitrogens is 2. The minimum atomic E-state index is 0.0245. The number of carbonyl (C=O) groups excluding carboxylic acids is 1. The Bertz CT molecular complexity index is 861. The number of thioether (sulfide) groups is 1. The first-order valence-electron chi connectivity index (χ1n) is 8.28. The van der Waals surface area contributed by atoms with Gasteiger partial charge in [0.15, 0.2) is 0 Å². The second-order valence-corrected chi connectivity index (χ2v) is 6.66. The van der Waals surface area contributed by atoms with Crippen LogP contribution in [0.1, 0.15) is 5.56 Å². The fourth-order valence-electron chi connectivity index (χ4n) is 2.55. The monoisotopic (exact) mass is 367 g/mol. The molecule has 0 spiro atoms. The molecule has 26 heavy (non-hydrogen) atoms. The van der Waals surface area contributed by atoms with Gasteiger partial charge in [0.1, 0.15) is 5.75 Å². The first-order valence-corrected chi connectivity index (χ1v) is 9.43. The lowest BCUT2D eigenvalue weighted by molar-refractivity contribution is -0.118. The Labute approximate surface area is 157 Å². The number of carbonyl (C=O) groups is 1. The molecule has 0 bridgehead atoms. The second-order valence-electron chi connectivity index (χ2n) is 5.68. The largest absolute Gasteiger partial charge is 0.497 e. The Morgan fingerprint density at radius 2 is 1.88 bits per heavy atom. The van der Waals surface area contributed by atoms with Gasteiger partial charge in [-0.15, -0.1) is 11.8 Å². The van der Waals surface area contributed by atoms with E-state index < -0.39 is 0 Å². The van der Waals surface area contributed by atoms with Crippen LogP contribution in [-0.2, 0) is 10.5 Å². The molecule has 1 heterocycles. The van der Waals surface area contributed by atoms with E-state index in [0.29, 0.717) is 11.5 Å². The van der Waals surface area contributed by atoms with Gasteiger partial charge in [-0.1, -0.05) is 18.2 Å². The lowest BCUT2D eigenvalue weighted by atomic mass is 10.1. The number of methoxy groups -OCH3 is 1. The molecule has 0 saturated heterocycles. The maximum atomic E-state index is 11.5. The molecule has 0 radical (unpaired) electrons. The molecular weight excluding hydrogens is 346 g/mol. The van der Waals surface area contributed by atoms with Crippen molar-refractivity contribution >= 4 is 17.7 Å². The van der Waals surface area contributed by atoms with Crippen LogP contribution in [0.5, 0.6) is 5.75 Å². The van der Waals surface area contributed by atoms with Crippen LogP contribution in [0.25, 0.3) is 16.9 Å². The summed E-state index contributed by atoms with van der Waals surface area (Å²) in [5, 5.41) is 7.43. The number of benzene rings is 2. The number of para-hydroxylation sites is 1. The fraction of sp³-hybridized carbons (Fsp3) is 0.200. The molecule has 0 aliphatic heterocycles. The van der Waals surface area contributed by atoms with Crippen LogP contribution >= 0.6 is 11.8 Å². The second kappa shape index (κ2) is 8.58. The molecule has 0 fully saturated rings. The van der Waals surface area contributed by atoms with E-state index in [1.165, 1.54) is 0 Å². The van der Waals surface area contributed by atoms with E-state index in [-0.39, 0.29) is 5.91 Å². The third kappa shape index (κ3) is 4.26. The van der Waals surface area contributed by atoms with Crippen LogP contribution in [0.4, 0.5) is 0 Å². The molecule has 0 saturated carbocycles. The van der Waals surface area contributed by atoms with Gasteiger partial charge in [0.2, 0.25) is 5.91 Å². The van der Waals surface area contributed by atoms with Crippen molar-refractivity contribution in [1.29, 1.82) is 0 Å². The SMILES string of the molecule is CNC(=O)CSCc1cn(-c2ccccc2)nc1-c1ccc(OC)cc1. The molecule has 1 amide bonds. The Balaban J connectivity index is 1.91. The number of rotatable bonds is 7. The molecule has 0 unspecified atom stereocenters. The summed E-state index contributed by atoms with van der Waals surface area (Å²) in [5.74, 6) is 1.97. The maximum absolute atomic E-state index is 11.5. The third-order valence-electron chi connectivity index (χ3n) is 3.94. The highest BCUT2D eigenvalue weighted by Crippen LogP contribution is 2.28. The molecule has 0 atom stereocenters. The first-order chi connectivity index (χ1) is 12.7. The minimum Gasteiger partial charge on any atom is -0.497 e. The van der Waals surface area contributed by atoms with Crippen LogP contribution in [0.2, 0.25) is 0 Å². The highest BCUT2D eigenvalue weighted by atomic mass is 32.2. The molecule has 6 heteroatoms. The van der Waals surface area contributed by atoms with E-state index in [0.717, 1.165) is 28.3 Å². The topological polar surface area (TPSA) is 56.2 Å². The van der Waals surface area contributed by atoms with Gasteiger partial charge >= 0.3 is 0 Å². The average Bonchev–Trinajstić information content (AvgIpc) is 3.12. The molecule has 3 rings (SSSR count). The van der Waals surface area contributed by atoms with E-state index in [1.807, 2.05) is 65.5 Å². The summed E-state index contributed by atoms with van der Waals surface area (Å²) in [7, 11) is 3.30. The number of nitrogens with zero attached hydrogens (tertiary/aromatic N) is 2. The molecule has 134 valence electrons. The van der Waals surface area contributed by atoms with Crippen molar-refractivity contribution in [3.8, 4) is 22.7 Å². The summed E-state index contributed by atoms with van der Waals surface area (Å²) in [5.41, 5.74) is 4.04. The molecule has 5 nitrogen and oxygen atoms in total. The summed E-state index contributed by atoms with van der Waals surface area (Å²) in [4.78, 5) is 11.5. The van der Waals surface area contributed by atoms with E-state index in [2.05, 4.69) is 5.32 Å². The maximum Gasteiger partial charge on any atom is 0.229 e. The van der Waals surface area contributed by atoms with E-state index in [1.54, 1.807) is 25.9 Å². The number of amides is 1. The minimum absolute atomic E-state index is 0.0245. The zero-order valence-electron chi connectivity index (χ0n) is 14.8. The average molecular weight is 367 g/mol.